The van der Waals surface area contributed by atoms with Crippen LogP contribution in [0.25, 0.3) is 11.0 Å². The molecule has 0 saturated carbocycles. The lowest BCUT2D eigenvalue weighted by atomic mass is 9.97. The maximum atomic E-state index is 10.9. The Labute approximate surface area is 151 Å². The van der Waals surface area contributed by atoms with E-state index < -0.39 is 4.87 Å². The van der Waals surface area contributed by atoms with Crippen molar-refractivity contribution in [2.75, 3.05) is 26.2 Å². The van der Waals surface area contributed by atoms with Crippen molar-refractivity contribution in [3.8, 4) is 0 Å². The third kappa shape index (κ3) is 3.02. The predicted octanol–water partition coefficient (Wildman–Crippen LogP) is 2.37. The van der Waals surface area contributed by atoms with Crippen LogP contribution in [0.4, 0.5) is 0 Å². The molecule has 1 aromatic heterocycles. The number of amides is 1. The van der Waals surface area contributed by atoms with E-state index in [0.29, 0.717) is 19.5 Å². The standard InChI is InChI=1S/C18H20ClN5O/c1-18(19)7-6-15(24-10-8-23(12-25)9-11-24)22-16(18)17-20-13-4-2-3-5-14(13)21-17/h2-6,12H,7-11H2,1H3,(H,20,21). The van der Waals surface area contributed by atoms with Gasteiger partial charge in [-0.2, -0.15) is 0 Å². The van der Waals surface area contributed by atoms with Gasteiger partial charge in [-0.15, -0.1) is 11.6 Å². The maximum absolute atomic E-state index is 10.9. The number of aromatic nitrogens is 2. The lowest BCUT2D eigenvalue weighted by Crippen LogP contribution is -2.46. The number of nitrogens with one attached hydrogen (secondary N) is 1. The lowest BCUT2D eigenvalue weighted by molar-refractivity contribution is -0.119. The Hall–Kier alpha value is -2.34. The number of H-pyrrole nitrogens is 1. The number of carbonyl (C=O) groups excluding carboxylic acids is 1. The Morgan fingerprint density at radius 2 is 2.00 bits per heavy atom. The Balaban J connectivity index is 1.65. The Morgan fingerprint density at radius 1 is 1.24 bits per heavy atom. The van der Waals surface area contributed by atoms with Gasteiger partial charge < -0.3 is 14.8 Å². The molecule has 2 aliphatic heterocycles. The molecule has 3 heterocycles. The first kappa shape index (κ1) is 16.1. The second kappa shape index (κ2) is 6.19. The van der Waals surface area contributed by atoms with Gasteiger partial charge in [-0.1, -0.05) is 12.1 Å². The number of para-hydroxylation sites is 2. The summed E-state index contributed by atoms with van der Waals surface area (Å²) in [5, 5.41) is 0. The van der Waals surface area contributed by atoms with E-state index in [1.165, 1.54) is 0 Å². The number of hydrogen-bond acceptors (Lipinski definition) is 4. The van der Waals surface area contributed by atoms with Gasteiger partial charge in [-0.05, 0) is 31.6 Å². The molecule has 7 heteroatoms. The van der Waals surface area contributed by atoms with Gasteiger partial charge in [-0.25, -0.2) is 9.98 Å². The minimum atomic E-state index is -0.595. The fourth-order valence-electron chi connectivity index (χ4n) is 3.28. The van der Waals surface area contributed by atoms with E-state index in [2.05, 4.69) is 20.9 Å². The molecule has 4 rings (SSSR count). The number of allylic oxidation sites excluding steroid dienone is 1. The van der Waals surface area contributed by atoms with Crippen molar-refractivity contribution < 1.29 is 4.79 Å². The summed E-state index contributed by atoms with van der Waals surface area (Å²) >= 11 is 6.74. The summed E-state index contributed by atoms with van der Waals surface area (Å²) in [5.74, 6) is 1.63. The number of nitrogens with zero attached hydrogens (tertiary/aromatic N) is 4. The summed E-state index contributed by atoms with van der Waals surface area (Å²) in [6, 6.07) is 7.91. The number of alkyl halides is 1. The Morgan fingerprint density at radius 3 is 2.72 bits per heavy atom. The second-order valence-corrected chi connectivity index (χ2v) is 7.49. The van der Waals surface area contributed by atoms with Crippen LogP contribution < -0.4 is 0 Å². The average Bonchev–Trinajstić information content (AvgIpc) is 3.05. The minimum Gasteiger partial charge on any atom is -0.353 e. The van der Waals surface area contributed by atoms with Gasteiger partial charge in [0.1, 0.15) is 11.5 Å². The van der Waals surface area contributed by atoms with Crippen LogP contribution in [0.5, 0.6) is 0 Å². The number of benzene rings is 1. The molecule has 1 unspecified atom stereocenters. The normalized spacial score (nSPS) is 24.2. The molecule has 0 spiro atoms. The smallest absolute Gasteiger partial charge is 0.209 e. The molecular weight excluding hydrogens is 338 g/mol. The highest BCUT2D eigenvalue weighted by Crippen LogP contribution is 2.32. The summed E-state index contributed by atoms with van der Waals surface area (Å²) < 4.78 is 0. The molecule has 1 aromatic carbocycles. The molecule has 2 aliphatic rings. The zero-order valence-corrected chi connectivity index (χ0v) is 14.8. The van der Waals surface area contributed by atoms with E-state index in [1.54, 1.807) is 4.90 Å². The summed E-state index contributed by atoms with van der Waals surface area (Å²) in [5.41, 5.74) is 2.65. The van der Waals surface area contributed by atoms with E-state index in [-0.39, 0.29) is 0 Å². The highest BCUT2D eigenvalue weighted by Gasteiger charge is 2.34. The van der Waals surface area contributed by atoms with E-state index in [4.69, 9.17) is 16.6 Å². The quantitative estimate of drug-likeness (QED) is 0.677. The van der Waals surface area contributed by atoms with Crippen LogP contribution in [0.15, 0.2) is 41.2 Å². The van der Waals surface area contributed by atoms with Gasteiger partial charge >= 0.3 is 0 Å². The van der Waals surface area contributed by atoms with Crippen molar-refractivity contribution >= 4 is 34.8 Å². The number of piperazine rings is 1. The SMILES string of the molecule is CC1(Cl)CC=C(N2CCN(C=O)CC2)N=C1c1nc2ccccc2[nH]1. The van der Waals surface area contributed by atoms with Crippen molar-refractivity contribution in [1.82, 2.24) is 19.8 Å². The van der Waals surface area contributed by atoms with Crippen LogP contribution in [-0.4, -0.2) is 62.9 Å². The highest BCUT2D eigenvalue weighted by molar-refractivity contribution is 6.39. The van der Waals surface area contributed by atoms with E-state index in [0.717, 1.165) is 47.9 Å². The van der Waals surface area contributed by atoms with Crippen LogP contribution in [0.2, 0.25) is 0 Å². The average molecular weight is 358 g/mol. The molecule has 6 nitrogen and oxygen atoms in total. The van der Waals surface area contributed by atoms with Gasteiger partial charge in [0, 0.05) is 26.2 Å². The third-order valence-corrected chi connectivity index (χ3v) is 5.12. The van der Waals surface area contributed by atoms with Crippen LogP contribution >= 0.6 is 11.6 Å². The van der Waals surface area contributed by atoms with E-state index in [1.807, 2.05) is 31.2 Å². The minimum absolute atomic E-state index is 0.595. The summed E-state index contributed by atoms with van der Waals surface area (Å²) in [7, 11) is 0. The van der Waals surface area contributed by atoms with Gasteiger partial charge in [0.25, 0.3) is 0 Å². The first-order chi connectivity index (χ1) is 12.1. The molecule has 0 bridgehead atoms. The van der Waals surface area contributed by atoms with Crippen molar-refractivity contribution in [2.45, 2.75) is 18.2 Å². The molecule has 130 valence electrons. The van der Waals surface area contributed by atoms with Crippen LogP contribution in [-0.2, 0) is 4.79 Å². The zero-order valence-electron chi connectivity index (χ0n) is 14.1. The van der Waals surface area contributed by atoms with Gasteiger partial charge in [0.05, 0.1) is 15.9 Å². The first-order valence-corrected chi connectivity index (χ1v) is 8.82. The fourth-order valence-corrected chi connectivity index (χ4v) is 3.49. The molecule has 0 radical (unpaired) electrons. The molecule has 1 saturated heterocycles. The fraction of sp³-hybridized carbons (Fsp3) is 0.389. The molecule has 2 aromatic rings. The summed E-state index contributed by atoms with van der Waals surface area (Å²) in [4.78, 5) is 27.1. The molecule has 1 atom stereocenters. The predicted molar refractivity (Wildman–Crippen MR) is 98.8 cm³/mol. The van der Waals surface area contributed by atoms with Crippen LogP contribution in [0.1, 0.15) is 19.2 Å². The lowest BCUT2D eigenvalue weighted by Gasteiger charge is -2.36. The Bertz CT molecular complexity index is 828. The number of aromatic amines is 1. The number of rotatable bonds is 3. The molecule has 1 fully saturated rings. The maximum Gasteiger partial charge on any atom is 0.209 e. The van der Waals surface area contributed by atoms with Crippen molar-refractivity contribution in [3.05, 3.63) is 42.0 Å². The Kier molecular flexibility index (Phi) is 4.00. The number of fused-ring (bicyclic) bond motifs is 1. The highest BCUT2D eigenvalue weighted by atomic mass is 35.5. The first-order valence-electron chi connectivity index (χ1n) is 8.44. The molecule has 25 heavy (non-hydrogen) atoms. The largest absolute Gasteiger partial charge is 0.353 e. The van der Waals surface area contributed by atoms with Crippen molar-refractivity contribution in [3.63, 3.8) is 0 Å². The number of imidazole rings is 1. The van der Waals surface area contributed by atoms with E-state index in [9.17, 15) is 4.79 Å². The van der Waals surface area contributed by atoms with Crippen molar-refractivity contribution in [2.24, 2.45) is 4.99 Å². The number of hydrogen-bond donors (Lipinski definition) is 1. The molecule has 0 aliphatic carbocycles. The van der Waals surface area contributed by atoms with Gasteiger partial charge in [0.15, 0.2) is 5.82 Å². The van der Waals surface area contributed by atoms with E-state index >= 15 is 0 Å². The number of carbonyl (C=O) groups is 1. The topological polar surface area (TPSA) is 64.6 Å². The molecular formula is C18H20ClN5O. The molecule has 1 N–H and O–H groups in total. The zero-order chi connectivity index (χ0) is 17.4. The molecule has 1 amide bonds. The van der Waals surface area contributed by atoms with Crippen LogP contribution in [0.3, 0.4) is 0 Å². The van der Waals surface area contributed by atoms with Gasteiger partial charge in [-0.3, -0.25) is 4.79 Å². The number of aliphatic imine (C=N–C) groups is 1. The van der Waals surface area contributed by atoms with Gasteiger partial charge in [0.2, 0.25) is 6.41 Å². The monoisotopic (exact) mass is 357 g/mol. The number of halogens is 1. The second-order valence-electron chi connectivity index (χ2n) is 6.66. The van der Waals surface area contributed by atoms with Crippen LogP contribution in [0, 0.1) is 0 Å². The summed E-state index contributed by atoms with van der Waals surface area (Å²) in [6.07, 6.45) is 3.68. The third-order valence-electron chi connectivity index (χ3n) is 4.79. The summed E-state index contributed by atoms with van der Waals surface area (Å²) in [6.45, 7) is 4.96. The van der Waals surface area contributed by atoms with Crippen molar-refractivity contribution in [1.29, 1.82) is 0 Å².